The largest absolute Gasteiger partial charge is 0.363 e. The van der Waals surface area contributed by atoms with Gasteiger partial charge in [-0.25, -0.2) is 0 Å². The molecule has 0 radical (unpaired) electrons. The molecule has 0 saturated carbocycles. The van der Waals surface area contributed by atoms with Crippen LogP contribution in [0.1, 0.15) is 6.42 Å². The summed E-state index contributed by atoms with van der Waals surface area (Å²) in [5.74, 6) is 3.21. The van der Waals surface area contributed by atoms with Crippen molar-refractivity contribution in [1.82, 2.24) is 0 Å². The number of ether oxygens (including phenoxy) is 2. The summed E-state index contributed by atoms with van der Waals surface area (Å²) in [5.41, 5.74) is 3.24. The first-order valence-electron chi connectivity index (χ1n) is 5.82. The van der Waals surface area contributed by atoms with Crippen LogP contribution in [0.15, 0.2) is 0 Å². The fourth-order valence-electron chi connectivity index (χ4n) is 2.07. The van der Waals surface area contributed by atoms with E-state index in [9.17, 15) is 4.79 Å². The van der Waals surface area contributed by atoms with Crippen molar-refractivity contribution in [1.29, 1.82) is 0 Å². The summed E-state index contributed by atoms with van der Waals surface area (Å²) < 4.78 is 11.2. The zero-order valence-corrected chi connectivity index (χ0v) is 12.9. The number of Topliss-reactive ketones (excluding diaryl/α,β-unsaturated/α-hetero) is 1. The third kappa shape index (κ3) is 3.00. The minimum atomic E-state index is -1.33. The Balaban J connectivity index is 1.88. The minimum Gasteiger partial charge on any atom is -0.363 e. The molecular formula is C12H17BrO3Si. The molecule has 0 N–H and O–H groups in total. The zero-order chi connectivity index (χ0) is 12.6. The van der Waals surface area contributed by atoms with Gasteiger partial charge in [-0.05, 0) is 0 Å². The molecule has 0 unspecified atom stereocenters. The lowest BCUT2D eigenvalue weighted by atomic mass is 9.96. The normalized spacial score (nSPS) is 35.9. The molecule has 0 aromatic rings. The topological polar surface area (TPSA) is 35.5 Å². The van der Waals surface area contributed by atoms with Crippen molar-refractivity contribution >= 4 is 29.8 Å². The van der Waals surface area contributed by atoms with Crippen LogP contribution in [-0.4, -0.2) is 43.6 Å². The Kier molecular flexibility index (Phi) is 3.79. The fraction of sp³-hybridized carbons (Fsp3) is 0.750. The summed E-state index contributed by atoms with van der Waals surface area (Å²) in [5, 5.41) is 0. The molecule has 2 fully saturated rings. The maximum atomic E-state index is 11.5. The second-order valence-corrected chi connectivity index (χ2v) is 11.3. The molecule has 2 bridgehead atoms. The average Bonchev–Trinajstić information content (AvgIpc) is 2.70. The number of ketones is 1. The van der Waals surface area contributed by atoms with Crippen LogP contribution in [0.4, 0.5) is 0 Å². The first-order chi connectivity index (χ1) is 7.88. The molecule has 2 rings (SSSR count). The Hall–Kier alpha value is -0.153. The molecule has 0 aromatic heterocycles. The average molecular weight is 317 g/mol. The number of hydrogen-bond acceptors (Lipinski definition) is 3. The molecule has 17 heavy (non-hydrogen) atoms. The van der Waals surface area contributed by atoms with Gasteiger partial charge in [0.1, 0.15) is 26.9 Å². The van der Waals surface area contributed by atoms with E-state index in [-0.39, 0.29) is 28.9 Å². The molecule has 3 nitrogen and oxygen atoms in total. The summed E-state index contributed by atoms with van der Waals surface area (Å²) >= 11 is 3.54. The summed E-state index contributed by atoms with van der Waals surface area (Å²) in [4.78, 5) is 11.7. The quantitative estimate of drug-likeness (QED) is 0.442. The summed E-state index contributed by atoms with van der Waals surface area (Å²) in [6.07, 6.45) is -0.0428. The van der Waals surface area contributed by atoms with E-state index in [1.54, 1.807) is 0 Å². The Morgan fingerprint density at radius 2 is 2.24 bits per heavy atom. The van der Waals surface area contributed by atoms with Crippen LogP contribution in [0.25, 0.3) is 0 Å². The summed E-state index contributed by atoms with van der Waals surface area (Å²) in [7, 11) is -1.33. The van der Waals surface area contributed by atoms with E-state index in [4.69, 9.17) is 9.47 Å². The molecule has 94 valence electrons. The van der Waals surface area contributed by atoms with Crippen molar-refractivity contribution < 1.29 is 14.3 Å². The van der Waals surface area contributed by atoms with Gasteiger partial charge >= 0.3 is 0 Å². The summed E-state index contributed by atoms with van der Waals surface area (Å²) in [6.45, 7) is 6.96. The Labute approximate surface area is 111 Å². The molecule has 4 atom stereocenters. The Bertz CT molecular complexity index is 379. The minimum absolute atomic E-state index is 0.0116. The number of alkyl halides is 1. The maximum absolute atomic E-state index is 11.5. The van der Waals surface area contributed by atoms with Crippen molar-refractivity contribution in [3.05, 3.63) is 0 Å². The first-order valence-corrected chi connectivity index (χ1v) is 10.2. The van der Waals surface area contributed by atoms with E-state index in [2.05, 4.69) is 47.0 Å². The highest BCUT2D eigenvalue weighted by Crippen LogP contribution is 2.38. The summed E-state index contributed by atoms with van der Waals surface area (Å²) in [6, 6.07) is 0. The van der Waals surface area contributed by atoms with Crippen molar-refractivity contribution in [2.75, 3.05) is 6.61 Å². The molecule has 5 heteroatoms. The monoisotopic (exact) mass is 316 g/mol. The fourth-order valence-corrected chi connectivity index (χ4v) is 3.42. The van der Waals surface area contributed by atoms with Crippen molar-refractivity contribution in [3.8, 4) is 11.5 Å². The Morgan fingerprint density at radius 1 is 1.53 bits per heavy atom. The lowest BCUT2D eigenvalue weighted by Crippen LogP contribution is -2.40. The second kappa shape index (κ2) is 4.85. The van der Waals surface area contributed by atoms with E-state index in [1.807, 2.05) is 0 Å². The third-order valence-corrected chi connectivity index (χ3v) is 4.86. The molecule has 2 aliphatic heterocycles. The first kappa shape index (κ1) is 13.3. The number of rotatable bonds is 2. The number of hydrogen-bond donors (Lipinski definition) is 0. The van der Waals surface area contributed by atoms with Crippen LogP contribution in [0.5, 0.6) is 0 Å². The molecule has 0 aromatic carbocycles. The van der Waals surface area contributed by atoms with E-state index in [0.29, 0.717) is 13.0 Å². The Morgan fingerprint density at radius 3 is 2.82 bits per heavy atom. The number of fused-ring (bicyclic) bond motifs is 2. The lowest BCUT2D eigenvalue weighted by molar-refractivity contribution is -0.126. The number of carbonyl (C=O) groups excluding carboxylic acids is 1. The maximum Gasteiger partial charge on any atom is 0.166 e. The van der Waals surface area contributed by atoms with E-state index < -0.39 is 8.07 Å². The third-order valence-electron chi connectivity index (χ3n) is 2.82. The highest BCUT2D eigenvalue weighted by molar-refractivity contribution is 9.09. The molecule has 0 spiro atoms. The van der Waals surface area contributed by atoms with Gasteiger partial charge in [-0.2, -0.15) is 0 Å². The van der Waals surface area contributed by atoms with Crippen LogP contribution in [0.2, 0.25) is 19.6 Å². The lowest BCUT2D eigenvalue weighted by Gasteiger charge is -2.21. The molecule has 2 aliphatic rings. The highest BCUT2D eigenvalue weighted by Gasteiger charge is 2.53. The van der Waals surface area contributed by atoms with Crippen LogP contribution in [-0.2, 0) is 14.3 Å². The van der Waals surface area contributed by atoms with Crippen molar-refractivity contribution in [2.45, 2.75) is 49.2 Å². The predicted molar refractivity (Wildman–Crippen MR) is 71.9 cm³/mol. The van der Waals surface area contributed by atoms with Gasteiger partial charge in [0.15, 0.2) is 5.78 Å². The van der Waals surface area contributed by atoms with Gasteiger partial charge in [-0.1, -0.05) is 41.5 Å². The van der Waals surface area contributed by atoms with Gasteiger partial charge in [0.05, 0.1) is 10.9 Å². The van der Waals surface area contributed by atoms with Gasteiger partial charge in [0, 0.05) is 6.42 Å². The van der Waals surface area contributed by atoms with Gasteiger partial charge in [0.2, 0.25) is 0 Å². The van der Waals surface area contributed by atoms with Gasteiger partial charge in [-0.15, -0.1) is 5.54 Å². The molecule has 0 amide bonds. The van der Waals surface area contributed by atoms with Crippen LogP contribution in [0, 0.1) is 11.5 Å². The van der Waals surface area contributed by atoms with Crippen LogP contribution >= 0.6 is 15.9 Å². The molecule has 0 aliphatic carbocycles. The second-order valence-electron chi connectivity index (χ2n) is 5.54. The van der Waals surface area contributed by atoms with Gasteiger partial charge in [0.25, 0.3) is 0 Å². The van der Waals surface area contributed by atoms with Crippen molar-refractivity contribution in [3.63, 3.8) is 0 Å². The van der Waals surface area contributed by atoms with Gasteiger partial charge < -0.3 is 9.47 Å². The van der Waals surface area contributed by atoms with E-state index >= 15 is 0 Å². The molecule has 2 saturated heterocycles. The van der Waals surface area contributed by atoms with Crippen molar-refractivity contribution in [2.24, 2.45) is 0 Å². The van der Waals surface area contributed by atoms with Gasteiger partial charge in [-0.3, -0.25) is 4.79 Å². The molecule has 2 heterocycles. The standard InChI is InChI=1S/C12H17BrO3Si/c1-17(2,3)6-4-5-15-12-10(13)9-7-8(14)11(12)16-9/h9-12H,5,7H2,1-3H3/t9-,10-,11+,12+/m1/s1. The smallest absolute Gasteiger partial charge is 0.166 e. The molecular weight excluding hydrogens is 300 g/mol. The highest BCUT2D eigenvalue weighted by atomic mass is 79.9. The number of carbonyl (C=O) groups is 1. The zero-order valence-electron chi connectivity index (χ0n) is 10.3. The van der Waals surface area contributed by atoms with E-state index in [0.717, 1.165) is 0 Å². The van der Waals surface area contributed by atoms with E-state index in [1.165, 1.54) is 0 Å². The predicted octanol–water partition coefficient (Wildman–Crippen LogP) is 1.76. The number of halogens is 1. The SMILES string of the molecule is C[Si](C)(C)C#CCO[C@H]1[C@H](Br)[C@H]2CC(=O)[C@@H]1O2. The van der Waals surface area contributed by atoms with Crippen LogP contribution in [0.3, 0.4) is 0 Å². The van der Waals surface area contributed by atoms with Crippen LogP contribution < -0.4 is 0 Å².